The third kappa shape index (κ3) is 6.51. The number of pyridine rings is 1. The molecule has 2 heterocycles. The van der Waals surface area contributed by atoms with E-state index in [0.717, 1.165) is 37.9 Å². The molecule has 0 unspecified atom stereocenters. The number of methoxy groups -OCH3 is 1. The van der Waals surface area contributed by atoms with E-state index in [-0.39, 0.29) is 17.2 Å². The minimum absolute atomic E-state index is 0.139. The standard InChI is InChI=1S/C26H30N4O4S/c1-34-23-11-8-21(9-12-23)29-35(32,33)25-18-22(10-13-24(25)30-16-3-2-4-17-30)28-26(31)14-7-20-6-5-15-27-19-20/h5-6,8-13,15,18-19,29H,2-4,7,14,16-17H2,1H3,(H,28,31). The Morgan fingerprint density at radius 1 is 1.03 bits per heavy atom. The van der Waals surface area contributed by atoms with Gasteiger partial charge in [0.2, 0.25) is 5.91 Å². The Labute approximate surface area is 206 Å². The SMILES string of the molecule is COc1ccc(NS(=O)(=O)c2cc(NC(=O)CCc3cccnc3)ccc2N2CCCCC2)cc1. The molecule has 9 heteroatoms. The van der Waals surface area contributed by atoms with E-state index in [1.807, 2.05) is 12.1 Å². The Balaban J connectivity index is 1.56. The van der Waals surface area contributed by atoms with E-state index in [9.17, 15) is 13.2 Å². The Bertz CT molecular complexity index is 1240. The number of rotatable bonds is 9. The number of hydrogen-bond donors (Lipinski definition) is 2. The molecule has 1 aliphatic rings. The second-order valence-electron chi connectivity index (χ2n) is 8.47. The lowest BCUT2D eigenvalue weighted by atomic mass is 10.1. The van der Waals surface area contributed by atoms with Crippen molar-refractivity contribution < 1.29 is 17.9 Å². The van der Waals surface area contributed by atoms with Crippen LogP contribution < -0.4 is 19.7 Å². The maximum atomic E-state index is 13.5. The molecule has 0 spiro atoms. The summed E-state index contributed by atoms with van der Waals surface area (Å²) in [6, 6.07) is 15.5. The molecule has 1 aromatic heterocycles. The van der Waals surface area contributed by atoms with Gasteiger partial charge in [-0.1, -0.05) is 6.07 Å². The lowest BCUT2D eigenvalue weighted by Crippen LogP contribution is -2.31. The van der Waals surface area contributed by atoms with Crippen molar-refractivity contribution in [1.29, 1.82) is 0 Å². The summed E-state index contributed by atoms with van der Waals surface area (Å²) < 4.78 is 34.8. The van der Waals surface area contributed by atoms with Gasteiger partial charge in [-0.2, -0.15) is 0 Å². The number of hydrogen-bond acceptors (Lipinski definition) is 6. The lowest BCUT2D eigenvalue weighted by Gasteiger charge is -2.30. The van der Waals surface area contributed by atoms with Crippen molar-refractivity contribution in [1.82, 2.24) is 4.98 Å². The first-order valence-corrected chi connectivity index (χ1v) is 13.2. The Hall–Kier alpha value is -3.59. The summed E-state index contributed by atoms with van der Waals surface area (Å²) in [5.41, 5.74) is 2.48. The molecule has 3 aromatic rings. The van der Waals surface area contributed by atoms with Crippen molar-refractivity contribution in [2.45, 2.75) is 37.0 Å². The molecule has 2 aromatic carbocycles. The van der Waals surface area contributed by atoms with Crippen LogP contribution >= 0.6 is 0 Å². The number of carbonyl (C=O) groups excluding carboxylic acids is 1. The largest absolute Gasteiger partial charge is 0.497 e. The minimum Gasteiger partial charge on any atom is -0.497 e. The molecule has 4 rings (SSSR count). The Kier molecular flexibility index (Phi) is 7.87. The van der Waals surface area contributed by atoms with E-state index in [1.54, 1.807) is 55.9 Å². The fraction of sp³-hybridized carbons (Fsp3) is 0.308. The first-order chi connectivity index (χ1) is 16.9. The number of nitrogens with zero attached hydrogens (tertiary/aromatic N) is 2. The maximum Gasteiger partial charge on any atom is 0.264 e. The Morgan fingerprint density at radius 3 is 2.46 bits per heavy atom. The van der Waals surface area contributed by atoms with Gasteiger partial charge in [-0.05, 0) is 79.8 Å². The highest BCUT2D eigenvalue weighted by atomic mass is 32.2. The molecule has 0 radical (unpaired) electrons. The number of nitrogens with one attached hydrogen (secondary N) is 2. The van der Waals surface area contributed by atoms with Crippen molar-refractivity contribution in [3.63, 3.8) is 0 Å². The average molecular weight is 495 g/mol. The lowest BCUT2D eigenvalue weighted by molar-refractivity contribution is -0.116. The van der Waals surface area contributed by atoms with Crippen LogP contribution in [0.1, 0.15) is 31.2 Å². The van der Waals surface area contributed by atoms with Gasteiger partial charge in [-0.3, -0.25) is 14.5 Å². The van der Waals surface area contributed by atoms with E-state index in [1.165, 1.54) is 6.07 Å². The van der Waals surface area contributed by atoms with Crippen molar-refractivity contribution in [3.05, 3.63) is 72.6 Å². The topological polar surface area (TPSA) is 101 Å². The zero-order valence-corrected chi connectivity index (χ0v) is 20.6. The predicted octanol–water partition coefficient (Wildman–Crippen LogP) is 4.45. The van der Waals surface area contributed by atoms with Crippen LogP contribution in [-0.4, -0.2) is 39.5 Å². The average Bonchev–Trinajstić information content (AvgIpc) is 2.89. The van der Waals surface area contributed by atoms with Crippen LogP contribution in [0.5, 0.6) is 5.75 Å². The molecule has 184 valence electrons. The highest BCUT2D eigenvalue weighted by Crippen LogP contribution is 2.32. The molecular weight excluding hydrogens is 464 g/mol. The normalized spacial score (nSPS) is 13.8. The van der Waals surface area contributed by atoms with Gasteiger partial charge in [-0.25, -0.2) is 8.42 Å². The maximum absolute atomic E-state index is 13.5. The summed E-state index contributed by atoms with van der Waals surface area (Å²) >= 11 is 0. The van der Waals surface area contributed by atoms with Crippen LogP contribution in [0.3, 0.4) is 0 Å². The smallest absolute Gasteiger partial charge is 0.264 e. The fourth-order valence-corrected chi connectivity index (χ4v) is 5.41. The third-order valence-corrected chi connectivity index (χ3v) is 7.35. The molecular formula is C26H30N4O4S. The van der Waals surface area contributed by atoms with Gasteiger partial charge in [0.1, 0.15) is 10.6 Å². The molecule has 1 saturated heterocycles. The first kappa shape index (κ1) is 24.5. The van der Waals surface area contributed by atoms with Crippen LogP contribution in [-0.2, 0) is 21.2 Å². The van der Waals surface area contributed by atoms with Gasteiger partial charge in [0.15, 0.2) is 0 Å². The third-order valence-electron chi connectivity index (χ3n) is 5.94. The molecule has 0 aliphatic carbocycles. The van der Waals surface area contributed by atoms with Gasteiger partial charge in [0, 0.05) is 43.3 Å². The number of aryl methyl sites for hydroxylation is 1. The molecule has 1 amide bonds. The van der Waals surface area contributed by atoms with E-state index < -0.39 is 10.0 Å². The van der Waals surface area contributed by atoms with Crippen LogP contribution in [0.15, 0.2) is 71.9 Å². The highest BCUT2D eigenvalue weighted by molar-refractivity contribution is 7.92. The van der Waals surface area contributed by atoms with Crippen molar-refractivity contribution in [3.8, 4) is 5.75 Å². The molecule has 8 nitrogen and oxygen atoms in total. The monoisotopic (exact) mass is 494 g/mol. The van der Waals surface area contributed by atoms with Crippen molar-refractivity contribution in [2.24, 2.45) is 0 Å². The molecule has 1 aliphatic heterocycles. The van der Waals surface area contributed by atoms with Crippen LogP contribution in [0.4, 0.5) is 17.1 Å². The summed E-state index contributed by atoms with van der Waals surface area (Å²) in [6.45, 7) is 1.59. The highest BCUT2D eigenvalue weighted by Gasteiger charge is 2.24. The number of carbonyl (C=O) groups is 1. The van der Waals surface area contributed by atoms with Crippen LogP contribution in [0.2, 0.25) is 0 Å². The number of piperidine rings is 1. The molecule has 35 heavy (non-hydrogen) atoms. The molecule has 0 saturated carbocycles. The van der Waals surface area contributed by atoms with E-state index in [0.29, 0.717) is 29.2 Å². The number of ether oxygens (including phenoxy) is 1. The van der Waals surface area contributed by atoms with E-state index in [2.05, 4.69) is 19.9 Å². The van der Waals surface area contributed by atoms with Crippen molar-refractivity contribution >= 4 is 33.0 Å². The van der Waals surface area contributed by atoms with Gasteiger partial charge in [0.25, 0.3) is 10.0 Å². The summed E-state index contributed by atoms with van der Waals surface area (Å²) in [4.78, 5) is 18.9. The number of amides is 1. The first-order valence-electron chi connectivity index (χ1n) is 11.7. The number of benzene rings is 2. The zero-order chi connectivity index (χ0) is 24.7. The van der Waals surface area contributed by atoms with E-state index in [4.69, 9.17) is 4.74 Å². The number of aromatic nitrogens is 1. The van der Waals surface area contributed by atoms with Crippen LogP contribution in [0, 0.1) is 0 Å². The van der Waals surface area contributed by atoms with Gasteiger partial charge < -0.3 is 15.0 Å². The van der Waals surface area contributed by atoms with Gasteiger partial charge in [-0.15, -0.1) is 0 Å². The number of sulfonamides is 1. The summed E-state index contributed by atoms with van der Waals surface area (Å²) in [5.74, 6) is 0.448. The zero-order valence-electron chi connectivity index (χ0n) is 19.7. The molecule has 0 bridgehead atoms. The molecule has 2 N–H and O–H groups in total. The number of anilines is 3. The second-order valence-corrected chi connectivity index (χ2v) is 10.1. The molecule has 1 fully saturated rings. The Morgan fingerprint density at radius 2 is 1.77 bits per heavy atom. The predicted molar refractivity (Wildman–Crippen MR) is 137 cm³/mol. The van der Waals surface area contributed by atoms with Gasteiger partial charge >= 0.3 is 0 Å². The summed E-state index contributed by atoms with van der Waals surface area (Å²) in [7, 11) is -2.36. The van der Waals surface area contributed by atoms with E-state index >= 15 is 0 Å². The second kappa shape index (κ2) is 11.2. The van der Waals surface area contributed by atoms with Crippen LogP contribution in [0.25, 0.3) is 0 Å². The van der Waals surface area contributed by atoms with Gasteiger partial charge in [0.05, 0.1) is 12.8 Å². The fourth-order valence-electron chi connectivity index (χ4n) is 4.10. The summed E-state index contributed by atoms with van der Waals surface area (Å²) in [5, 5.41) is 2.85. The summed E-state index contributed by atoms with van der Waals surface area (Å²) in [6.07, 6.45) is 7.40. The quantitative estimate of drug-likeness (QED) is 0.456. The molecule has 0 atom stereocenters. The minimum atomic E-state index is -3.92. The van der Waals surface area contributed by atoms with Crippen molar-refractivity contribution in [2.75, 3.05) is 35.1 Å².